The zero-order valence-corrected chi connectivity index (χ0v) is 19.0. The lowest BCUT2D eigenvalue weighted by Gasteiger charge is -2.24. The maximum Gasteiger partial charge on any atom is 0.271 e. The van der Waals surface area contributed by atoms with Gasteiger partial charge in [0.15, 0.2) is 0 Å². The highest BCUT2D eigenvalue weighted by atomic mass is 35.5. The summed E-state index contributed by atoms with van der Waals surface area (Å²) >= 11 is 12.0. The summed E-state index contributed by atoms with van der Waals surface area (Å²) in [4.78, 5) is 55.4. The number of non-ortho nitro benzene ring substituents is 1. The Morgan fingerprint density at radius 3 is 2.56 bits per heavy atom. The molecule has 1 aromatic heterocycles. The van der Waals surface area contributed by atoms with E-state index in [1.165, 1.54) is 24.3 Å². The number of hydrogen-bond donors (Lipinski definition) is 4. The van der Waals surface area contributed by atoms with Crippen molar-refractivity contribution in [3.8, 4) is 0 Å². The van der Waals surface area contributed by atoms with Crippen molar-refractivity contribution in [1.82, 2.24) is 9.97 Å². The predicted octanol–water partition coefficient (Wildman–Crippen LogP) is 4.10. The Morgan fingerprint density at radius 1 is 1.18 bits per heavy atom. The highest BCUT2D eigenvalue weighted by Crippen LogP contribution is 2.32. The Balaban J connectivity index is 1.65. The standard InChI is InChI=1S/C21H16Cl2N6O5/c1-9-2-3-13(29(33)34)7-15(9)25-19(31)14-8-16(30)26-18-17(14)20(32)28-21(27-18)24-12-5-10(22)4-11(23)6-12/h2-7,14H,8H2,1H3,(H,25,31)(H3,24,26,27,28,30,32)/t14-/m1/s1. The quantitative estimate of drug-likeness (QED) is 0.301. The molecule has 11 nitrogen and oxygen atoms in total. The number of nitrogens with zero attached hydrogens (tertiary/aromatic N) is 2. The summed E-state index contributed by atoms with van der Waals surface area (Å²) in [6, 6.07) is 8.66. The molecule has 174 valence electrons. The second-order valence-corrected chi connectivity index (χ2v) is 8.38. The van der Waals surface area contributed by atoms with Crippen molar-refractivity contribution in [2.24, 2.45) is 0 Å². The van der Waals surface area contributed by atoms with Crippen molar-refractivity contribution in [3.63, 3.8) is 0 Å². The van der Waals surface area contributed by atoms with Crippen LogP contribution in [0.4, 0.5) is 28.8 Å². The van der Waals surface area contributed by atoms with Gasteiger partial charge >= 0.3 is 0 Å². The zero-order valence-electron chi connectivity index (χ0n) is 17.4. The minimum atomic E-state index is -1.16. The van der Waals surface area contributed by atoms with E-state index < -0.39 is 28.2 Å². The molecule has 0 unspecified atom stereocenters. The lowest BCUT2D eigenvalue weighted by atomic mass is 9.92. The molecule has 2 aromatic carbocycles. The number of fused-ring (bicyclic) bond motifs is 1. The smallest absolute Gasteiger partial charge is 0.271 e. The molecule has 0 radical (unpaired) electrons. The van der Waals surface area contributed by atoms with Crippen molar-refractivity contribution < 1.29 is 14.5 Å². The number of amides is 2. The number of carbonyl (C=O) groups is 2. The second-order valence-electron chi connectivity index (χ2n) is 7.51. The van der Waals surface area contributed by atoms with E-state index in [0.717, 1.165) is 0 Å². The number of nitro benzene ring substituents is 1. The predicted molar refractivity (Wildman–Crippen MR) is 127 cm³/mol. The van der Waals surface area contributed by atoms with Gasteiger partial charge in [-0.3, -0.25) is 29.5 Å². The molecular weight excluding hydrogens is 487 g/mol. The Labute approximate surface area is 201 Å². The van der Waals surface area contributed by atoms with Crippen LogP contribution in [0.1, 0.15) is 23.5 Å². The summed E-state index contributed by atoms with van der Waals surface area (Å²) in [5, 5.41) is 19.7. The molecular formula is C21H16Cl2N6O5. The van der Waals surface area contributed by atoms with E-state index in [4.69, 9.17) is 23.2 Å². The number of aromatic nitrogens is 2. The summed E-state index contributed by atoms with van der Waals surface area (Å²) < 4.78 is 0. The van der Waals surface area contributed by atoms with Crippen LogP contribution >= 0.6 is 23.2 Å². The minimum Gasteiger partial charge on any atom is -0.326 e. The van der Waals surface area contributed by atoms with Crippen LogP contribution in [-0.4, -0.2) is 26.7 Å². The van der Waals surface area contributed by atoms with E-state index in [2.05, 4.69) is 25.9 Å². The van der Waals surface area contributed by atoms with E-state index in [1.54, 1.807) is 19.1 Å². The molecule has 4 N–H and O–H groups in total. The number of aryl methyl sites for hydroxylation is 1. The SMILES string of the molecule is Cc1ccc([N+](=O)[O-])cc1NC(=O)[C@@H]1CC(=O)Nc2nc(Nc3cc(Cl)cc(Cl)c3)[nH]c(=O)c21. The van der Waals surface area contributed by atoms with E-state index in [0.29, 0.717) is 21.3 Å². The first-order valence-corrected chi connectivity index (χ1v) is 10.6. The van der Waals surface area contributed by atoms with Gasteiger partial charge in [0.2, 0.25) is 17.8 Å². The summed E-state index contributed by atoms with van der Waals surface area (Å²) in [5.41, 5.74) is 0.335. The topological polar surface area (TPSA) is 159 Å². The molecule has 3 aromatic rings. The molecule has 4 rings (SSSR count). The van der Waals surface area contributed by atoms with Gasteiger partial charge in [0.1, 0.15) is 5.82 Å². The first-order valence-electron chi connectivity index (χ1n) is 9.84. The number of benzene rings is 2. The second kappa shape index (κ2) is 9.12. The van der Waals surface area contributed by atoms with E-state index in [-0.39, 0.29) is 35.1 Å². The third kappa shape index (κ3) is 4.85. The molecule has 0 spiro atoms. The van der Waals surface area contributed by atoms with Gasteiger partial charge in [0, 0.05) is 34.3 Å². The van der Waals surface area contributed by atoms with Crippen LogP contribution in [-0.2, 0) is 9.59 Å². The number of anilines is 4. The average Bonchev–Trinajstić information content (AvgIpc) is 2.73. The van der Waals surface area contributed by atoms with Crippen molar-refractivity contribution in [2.45, 2.75) is 19.3 Å². The fraction of sp³-hybridized carbons (Fsp3) is 0.143. The van der Waals surface area contributed by atoms with Gasteiger partial charge < -0.3 is 16.0 Å². The maximum atomic E-state index is 13.0. The summed E-state index contributed by atoms with van der Waals surface area (Å²) in [6.07, 6.45) is -0.297. The molecule has 1 aliphatic rings. The fourth-order valence-electron chi connectivity index (χ4n) is 3.50. The number of H-pyrrole nitrogens is 1. The van der Waals surface area contributed by atoms with Gasteiger partial charge in [-0.2, -0.15) is 4.98 Å². The number of nitrogens with one attached hydrogen (secondary N) is 4. The Morgan fingerprint density at radius 2 is 1.88 bits per heavy atom. The highest BCUT2D eigenvalue weighted by molar-refractivity contribution is 6.35. The average molecular weight is 503 g/mol. The van der Waals surface area contributed by atoms with Gasteiger partial charge in [0.05, 0.1) is 22.1 Å². The van der Waals surface area contributed by atoms with Crippen LogP contribution in [0.25, 0.3) is 0 Å². The number of hydrogen-bond acceptors (Lipinski definition) is 7. The van der Waals surface area contributed by atoms with Gasteiger partial charge in [-0.25, -0.2) is 0 Å². The van der Waals surface area contributed by atoms with Gasteiger partial charge in [-0.05, 0) is 30.7 Å². The first kappa shape index (κ1) is 23.2. The number of carbonyl (C=O) groups excluding carboxylic acids is 2. The third-order valence-electron chi connectivity index (χ3n) is 5.08. The highest BCUT2D eigenvalue weighted by Gasteiger charge is 2.35. The van der Waals surface area contributed by atoms with Crippen molar-refractivity contribution in [2.75, 3.05) is 16.0 Å². The molecule has 2 amide bonds. The molecule has 34 heavy (non-hydrogen) atoms. The minimum absolute atomic E-state index is 0.00188. The molecule has 13 heteroatoms. The van der Waals surface area contributed by atoms with E-state index in [1.807, 2.05) is 0 Å². The number of nitro groups is 1. The summed E-state index contributed by atoms with van der Waals surface area (Å²) in [6.45, 7) is 1.66. The van der Waals surface area contributed by atoms with E-state index in [9.17, 15) is 24.5 Å². The number of rotatable bonds is 5. The number of aromatic amines is 1. The Kier molecular flexibility index (Phi) is 6.22. The molecule has 2 heterocycles. The van der Waals surface area contributed by atoms with Gasteiger partial charge in [-0.15, -0.1) is 0 Å². The first-order chi connectivity index (χ1) is 16.1. The van der Waals surface area contributed by atoms with Crippen molar-refractivity contribution in [1.29, 1.82) is 0 Å². The molecule has 0 bridgehead atoms. The monoisotopic (exact) mass is 502 g/mol. The molecule has 0 saturated heterocycles. The normalized spacial score (nSPS) is 14.7. The maximum absolute atomic E-state index is 13.0. The summed E-state index contributed by atoms with van der Waals surface area (Å²) in [7, 11) is 0. The van der Waals surface area contributed by atoms with Crippen molar-refractivity contribution in [3.05, 3.63) is 78.0 Å². The van der Waals surface area contributed by atoms with Crippen molar-refractivity contribution >= 4 is 63.8 Å². The third-order valence-corrected chi connectivity index (χ3v) is 5.52. The molecule has 1 aliphatic heterocycles. The molecule has 1 atom stereocenters. The lowest BCUT2D eigenvalue weighted by molar-refractivity contribution is -0.384. The van der Waals surface area contributed by atoms with Crippen LogP contribution in [0.2, 0.25) is 10.0 Å². The molecule has 0 fully saturated rings. The van der Waals surface area contributed by atoms with Crippen LogP contribution in [0, 0.1) is 17.0 Å². The van der Waals surface area contributed by atoms with Crippen LogP contribution in [0.15, 0.2) is 41.2 Å². The number of halogens is 2. The van der Waals surface area contributed by atoms with Crippen LogP contribution in [0.3, 0.4) is 0 Å². The fourth-order valence-corrected chi connectivity index (χ4v) is 4.02. The molecule has 0 saturated carbocycles. The zero-order chi connectivity index (χ0) is 24.6. The van der Waals surface area contributed by atoms with Gasteiger partial charge in [-0.1, -0.05) is 29.3 Å². The molecule has 0 aliphatic carbocycles. The van der Waals surface area contributed by atoms with Crippen LogP contribution in [0.5, 0.6) is 0 Å². The largest absolute Gasteiger partial charge is 0.326 e. The summed E-state index contributed by atoms with van der Waals surface area (Å²) in [5.74, 6) is -2.43. The van der Waals surface area contributed by atoms with E-state index >= 15 is 0 Å². The van der Waals surface area contributed by atoms with Crippen LogP contribution < -0.4 is 21.5 Å². The van der Waals surface area contributed by atoms with Gasteiger partial charge in [0.25, 0.3) is 11.2 Å². The lowest BCUT2D eigenvalue weighted by Crippen LogP contribution is -2.36. The Hall–Kier alpha value is -3.96. The Bertz CT molecular complexity index is 1390.